The molecule has 0 aromatic carbocycles. The molecular formula is C10H18O2. The molecule has 70 valence electrons. The second-order valence-corrected chi connectivity index (χ2v) is 4.18. The fourth-order valence-electron chi connectivity index (χ4n) is 1.94. The third kappa shape index (κ3) is 2.46. The van der Waals surface area contributed by atoms with E-state index < -0.39 is 0 Å². The van der Waals surface area contributed by atoms with Crippen LogP contribution in [0, 0.1) is 5.92 Å². The van der Waals surface area contributed by atoms with E-state index in [0.29, 0.717) is 12.2 Å². The zero-order chi connectivity index (χ0) is 8.39. The van der Waals surface area contributed by atoms with E-state index in [1.165, 1.54) is 25.7 Å². The molecule has 0 aromatic rings. The van der Waals surface area contributed by atoms with E-state index in [1.54, 1.807) is 0 Å². The summed E-state index contributed by atoms with van der Waals surface area (Å²) in [5.41, 5.74) is 0. The van der Waals surface area contributed by atoms with Gasteiger partial charge in [-0.3, -0.25) is 0 Å². The molecule has 3 atom stereocenters. The van der Waals surface area contributed by atoms with Gasteiger partial charge in [0.15, 0.2) is 0 Å². The average molecular weight is 170 g/mol. The maximum atomic E-state index is 5.75. The van der Waals surface area contributed by atoms with Gasteiger partial charge in [-0.2, -0.15) is 0 Å². The Labute approximate surface area is 74.2 Å². The van der Waals surface area contributed by atoms with Crippen molar-refractivity contribution in [3.05, 3.63) is 0 Å². The standard InChI is InChI=1S/C10H18O2/c1-8-3-2-4-9(5-8)11-6-10-7-12-10/h8-10H,2-7H2,1H3. The molecule has 2 rings (SSSR count). The molecule has 2 aliphatic rings. The van der Waals surface area contributed by atoms with Crippen molar-refractivity contribution < 1.29 is 9.47 Å². The molecule has 12 heavy (non-hydrogen) atoms. The molecule has 1 aliphatic carbocycles. The van der Waals surface area contributed by atoms with Crippen molar-refractivity contribution in [3.63, 3.8) is 0 Å². The van der Waals surface area contributed by atoms with Crippen LogP contribution in [0.25, 0.3) is 0 Å². The summed E-state index contributed by atoms with van der Waals surface area (Å²) in [5.74, 6) is 0.865. The van der Waals surface area contributed by atoms with Crippen molar-refractivity contribution >= 4 is 0 Å². The first kappa shape index (κ1) is 8.52. The van der Waals surface area contributed by atoms with E-state index in [9.17, 15) is 0 Å². The summed E-state index contributed by atoms with van der Waals surface area (Å²) in [6.07, 6.45) is 6.21. The van der Waals surface area contributed by atoms with Gasteiger partial charge in [-0.15, -0.1) is 0 Å². The van der Waals surface area contributed by atoms with Crippen molar-refractivity contribution in [1.29, 1.82) is 0 Å². The van der Waals surface area contributed by atoms with Gasteiger partial charge >= 0.3 is 0 Å². The second-order valence-electron chi connectivity index (χ2n) is 4.18. The lowest BCUT2D eigenvalue weighted by atomic mass is 9.89. The van der Waals surface area contributed by atoms with Crippen LogP contribution in [0.3, 0.4) is 0 Å². The minimum Gasteiger partial charge on any atom is -0.375 e. The summed E-state index contributed by atoms with van der Waals surface area (Å²) in [7, 11) is 0. The predicted molar refractivity (Wildman–Crippen MR) is 47.1 cm³/mol. The van der Waals surface area contributed by atoms with Crippen molar-refractivity contribution in [3.8, 4) is 0 Å². The number of epoxide rings is 1. The Morgan fingerprint density at radius 2 is 2.25 bits per heavy atom. The van der Waals surface area contributed by atoms with Gasteiger partial charge in [0, 0.05) is 0 Å². The largest absolute Gasteiger partial charge is 0.375 e. The highest BCUT2D eigenvalue weighted by atomic mass is 16.6. The molecule has 0 radical (unpaired) electrons. The molecule has 0 N–H and O–H groups in total. The lowest BCUT2D eigenvalue weighted by Gasteiger charge is -2.26. The fraction of sp³-hybridized carbons (Fsp3) is 1.00. The molecule has 2 fully saturated rings. The van der Waals surface area contributed by atoms with Crippen LogP contribution < -0.4 is 0 Å². The summed E-state index contributed by atoms with van der Waals surface area (Å²) in [4.78, 5) is 0. The molecule has 0 amide bonds. The fourth-order valence-corrected chi connectivity index (χ4v) is 1.94. The third-order valence-corrected chi connectivity index (χ3v) is 2.81. The first-order valence-corrected chi connectivity index (χ1v) is 5.08. The van der Waals surface area contributed by atoms with Crippen molar-refractivity contribution in [2.45, 2.75) is 44.8 Å². The van der Waals surface area contributed by atoms with Gasteiger partial charge in [0.25, 0.3) is 0 Å². The summed E-state index contributed by atoms with van der Waals surface area (Å²) in [5, 5.41) is 0. The van der Waals surface area contributed by atoms with E-state index in [2.05, 4.69) is 6.92 Å². The van der Waals surface area contributed by atoms with Crippen LogP contribution >= 0.6 is 0 Å². The van der Waals surface area contributed by atoms with Crippen LogP contribution in [0.5, 0.6) is 0 Å². The van der Waals surface area contributed by atoms with Crippen LogP contribution in [0.1, 0.15) is 32.6 Å². The van der Waals surface area contributed by atoms with Gasteiger partial charge in [0.05, 0.1) is 19.3 Å². The molecule has 0 bridgehead atoms. The molecule has 1 saturated carbocycles. The third-order valence-electron chi connectivity index (χ3n) is 2.81. The maximum absolute atomic E-state index is 5.75. The van der Waals surface area contributed by atoms with Gasteiger partial charge in [0.2, 0.25) is 0 Å². The Morgan fingerprint density at radius 3 is 2.92 bits per heavy atom. The summed E-state index contributed by atoms with van der Waals surface area (Å²) < 4.78 is 10.9. The Morgan fingerprint density at radius 1 is 1.42 bits per heavy atom. The Bertz CT molecular complexity index is 143. The van der Waals surface area contributed by atoms with Crippen LogP contribution in [0.4, 0.5) is 0 Å². The first-order valence-electron chi connectivity index (χ1n) is 5.08. The van der Waals surface area contributed by atoms with Crippen molar-refractivity contribution in [2.75, 3.05) is 13.2 Å². The Hall–Kier alpha value is -0.0800. The van der Waals surface area contributed by atoms with Crippen LogP contribution in [0.15, 0.2) is 0 Å². The summed E-state index contributed by atoms with van der Waals surface area (Å²) >= 11 is 0. The highest BCUT2D eigenvalue weighted by Crippen LogP contribution is 2.26. The SMILES string of the molecule is CC1CCCC(OCC2CO2)C1. The molecule has 3 unspecified atom stereocenters. The van der Waals surface area contributed by atoms with E-state index in [-0.39, 0.29) is 0 Å². The topological polar surface area (TPSA) is 21.8 Å². The second kappa shape index (κ2) is 3.75. The highest BCUT2D eigenvalue weighted by molar-refractivity contribution is 4.73. The van der Waals surface area contributed by atoms with Gasteiger partial charge in [-0.1, -0.05) is 19.8 Å². The Kier molecular flexibility index (Phi) is 2.66. The lowest BCUT2D eigenvalue weighted by molar-refractivity contribution is 0.00806. The number of rotatable bonds is 3. The van der Waals surface area contributed by atoms with E-state index >= 15 is 0 Å². The van der Waals surface area contributed by atoms with Gasteiger partial charge in [-0.25, -0.2) is 0 Å². The first-order chi connectivity index (χ1) is 5.84. The zero-order valence-electron chi connectivity index (χ0n) is 7.79. The normalized spacial score (nSPS) is 41.2. The molecule has 0 spiro atoms. The number of ether oxygens (including phenoxy) is 2. The predicted octanol–water partition coefficient (Wildman–Crippen LogP) is 1.98. The maximum Gasteiger partial charge on any atom is 0.104 e. The molecule has 2 heteroatoms. The van der Waals surface area contributed by atoms with Crippen molar-refractivity contribution in [2.24, 2.45) is 5.92 Å². The molecule has 1 heterocycles. The highest BCUT2D eigenvalue weighted by Gasteiger charge is 2.26. The molecular weight excluding hydrogens is 152 g/mol. The molecule has 0 aromatic heterocycles. The van der Waals surface area contributed by atoms with E-state index in [1.807, 2.05) is 0 Å². The minimum atomic E-state index is 0.433. The minimum absolute atomic E-state index is 0.433. The van der Waals surface area contributed by atoms with Crippen LogP contribution in [0.2, 0.25) is 0 Å². The smallest absolute Gasteiger partial charge is 0.104 e. The van der Waals surface area contributed by atoms with Gasteiger partial charge < -0.3 is 9.47 Å². The van der Waals surface area contributed by atoms with E-state index in [4.69, 9.17) is 9.47 Å². The lowest BCUT2D eigenvalue weighted by Crippen LogP contribution is -2.23. The monoisotopic (exact) mass is 170 g/mol. The quantitative estimate of drug-likeness (QED) is 0.604. The number of hydrogen-bond acceptors (Lipinski definition) is 2. The molecule has 2 nitrogen and oxygen atoms in total. The van der Waals surface area contributed by atoms with Gasteiger partial charge in [0.1, 0.15) is 6.10 Å². The van der Waals surface area contributed by atoms with Crippen LogP contribution in [-0.2, 0) is 9.47 Å². The summed E-state index contributed by atoms with van der Waals surface area (Å²) in [6.45, 7) is 4.07. The van der Waals surface area contributed by atoms with Crippen molar-refractivity contribution in [1.82, 2.24) is 0 Å². The Balaban J connectivity index is 1.64. The molecule has 1 aliphatic heterocycles. The number of hydrogen-bond donors (Lipinski definition) is 0. The van der Waals surface area contributed by atoms with E-state index in [0.717, 1.165) is 19.1 Å². The average Bonchev–Trinajstić information content (AvgIpc) is 2.84. The molecule has 1 saturated heterocycles. The van der Waals surface area contributed by atoms with Gasteiger partial charge in [-0.05, 0) is 18.8 Å². The zero-order valence-corrected chi connectivity index (χ0v) is 7.79. The van der Waals surface area contributed by atoms with Crippen LogP contribution in [-0.4, -0.2) is 25.4 Å². The summed E-state index contributed by atoms with van der Waals surface area (Å²) in [6, 6.07) is 0.